The normalized spacial score (nSPS) is 20.7. The Morgan fingerprint density at radius 3 is 0.859 bits per heavy atom. The first-order chi connectivity index (χ1) is 48.3. The highest BCUT2D eigenvalue weighted by Crippen LogP contribution is 2.39. The molecule has 0 amide bonds. The fourth-order valence-electron chi connectivity index (χ4n) is 11.1. The molecular formula is C79H70O20. The highest BCUT2D eigenvalue weighted by atomic mass is 16.8. The van der Waals surface area contributed by atoms with Gasteiger partial charge < -0.3 is 56.8 Å². The molecule has 2 aliphatic heterocycles. The van der Waals surface area contributed by atoms with Gasteiger partial charge in [0.15, 0.2) is 49.2 Å². The molecular weight excluding hydrogens is 1270 g/mol. The summed E-state index contributed by atoms with van der Waals surface area (Å²) in [6.45, 7) is 1.64. The van der Waals surface area contributed by atoms with E-state index in [0.717, 1.165) is 0 Å². The zero-order valence-electron chi connectivity index (χ0n) is 53.6. The largest absolute Gasteiger partial charge is 0.459 e. The van der Waals surface area contributed by atoms with Crippen molar-refractivity contribution in [1.82, 2.24) is 0 Å². The van der Waals surface area contributed by atoms with Gasteiger partial charge in [0, 0.05) is 11.8 Å². The van der Waals surface area contributed by atoms with Crippen LogP contribution in [-0.2, 0) is 56.8 Å². The SMILES string of the molecule is C#CCC(CCCC=C)(COC1O[C@H](COC(=O)c2ccccc2)[C@@H](OC(=O)c2ccccc2)[C@H](OC(=O)c2ccccc2)[C@@H]1OC(=O)c1ccccc1)CO[C@H]1O[C@H](COC(=O)c2ccccc2)[C@@H](OC(=O)c2ccccc2)[C@H](OC(=O)c2ccccc2)[C@@H]1OC(=O)c1ccccc1. The molecule has 0 N–H and O–H groups in total. The van der Waals surface area contributed by atoms with Crippen LogP contribution in [0.15, 0.2) is 255 Å². The number of carbonyl (C=O) groups excluding carboxylic acids is 8. The molecule has 20 nitrogen and oxygen atoms in total. The smallest absolute Gasteiger partial charge is 0.338 e. The van der Waals surface area contributed by atoms with Crippen molar-refractivity contribution in [2.24, 2.45) is 5.41 Å². The first-order valence-electron chi connectivity index (χ1n) is 31.9. The number of rotatable bonds is 29. The molecule has 0 aromatic heterocycles. The molecule has 0 spiro atoms. The second-order valence-corrected chi connectivity index (χ2v) is 23.1. The molecule has 11 atom stereocenters. The third-order valence-electron chi connectivity index (χ3n) is 16.2. The van der Waals surface area contributed by atoms with Crippen LogP contribution in [0.3, 0.4) is 0 Å². The first kappa shape index (κ1) is 70.5. The summed E-state index contributed by atoms with van der Waals surface area (Å²) in [7, 11) is 0. The monoisotopic (exact) mass is 1340 g/mol. The maximum atomic E-state index is 14.6. The quantitative estimate of drug-likeness (QED) is 0.0139. The number of esters is 8. The van der Waals surface area contributed by atoms with Crippen LogP contribution < -0.4 is 0 Å². The first-order valence-corrected chi connectivity index (χ1v) is 31.9. The minimum Gasteiger partial charge on any atom is -0.459 e. The van der Waals surface area contributed by atoms with Crippen LogP contribution in [0, 0.1) is 17.8 Å². The number of hydrogen-bond acceptors (Lipinski definition) is 20. The molecule has 20 heteroatoms. The lowest BCUT2D eigenvalue weighted by Gasteiger charge is -2.46. The van der Waals surface area contributed by atoms with E-state index in [1.165, 1.54) is 97.1 Å². The van der Waals surface area contributed by atoms with E-state index in [1.54, 1.807) is 152 Å². The van der Waals surface area contributed by atoms with E-state index in [-0.39, 0.29) is 57.3 Å². The average molecular weight is 1340 g/mol. The van der Waals surface area contributed by atoms with E-state index in [9.17, 15) is 38.4 Å². The lowest BCUT2D eigenvalue weighted by molar-refractivity contribution is -0.315. The van der Waals surface area contributed by atoms with E-state index < -0.39 is 141 Å². The number of hydrogen-bond donors (Lipinski definition) is 0. The lowest BCUT2D eigenvalue weighted by Crippen LogP contribution is -2.64. The lowest BCUT2D eigenvalue weighted by atomic mass is 9.81. The van der Waals surface area contributed by atoms with Crippen LogP contribution in [0.4, 0.5) is 0 Å². The maximum Gasteiger partial charge on any atom is 0.338 e. The second-order valence-electron chi connectivity index (χ2n) is 23.1. The summed E-state index contributed by atoms with van der Waals surface area (Å²) in [6.07, 6.45) is -8.66. The fraction of sp³-hybridized carbons (Fsp3) is 0.241. The molecule has 8 aromatic carbocycles. The molecule has 2 unspecified atom stereocenters. The molecule has 0 aliphatic carbocycles. The highest BCUT2D eigenvalue weighted by molar-refractivity contribution is 5.93. The van der Waals surface area contributed by atoms with Gasteiger partial charge in [-0.25, -0.2) is 38.4 Å². The number of carbonyl (C=O) groups is 8. The van der Waals surface area contributed by atoms with Crippen molar-refractivity contribution in [2.45, 2.75) is 87.1 Å². The standard InChI is InChI=1S/C79H70O20/c1-3-5-30-48-79(47-4-2,51-90-77-67(98-75(86)59-43-26-12-27-44-59)65(96-73(84)57-39-22-10-23-40-57)63(94-71(82)55-35-18-8-19-36-55)61(92-77)49-88-69(80)53-31-14-6-15-32-53)52-91-78-68(99-76(87)60-45-28-13-29-46-60)66(97-74(85)58-41-24-11-25-42-58)64(95-72(83)56-37-20-9-21-38-56)62(93-78)50-89-70(81)54-33-16-7-17-34-54/h2-3,6-29,31-46,61-68,77-78H,1,5,30,47-52H2/t61-,62-,63-,64-,65+,66+,67+,68+,77+,78?,79?/m1/s1. The van der Waals surface area contributed by atoms with Gasteiger partial charge >= 0.3 is 47.8 Å². The van der Waals surface area contributed by atoms with Crippen LogP contribution in [-0.4, -0.2) is 136 Å². The van der Waals surface area contributed by atoms with Gasteiger partial charge in [-0.15, -0.1) is 18.9 Å². The third kappa shape index (κ3) is 19.0. The minimum atomic E-state index is -1.82. The predicted molar refractivity (Wildman–Crippen MR) is 356 cm³/mol. The Hall–Kier alpha value is -11.3. The number of unbranched alkanes of at least 4 members (excludes halogenated alkanes) is 1. The molecule has 0 saturated carbocycles. The Kier molecular flexibility index (Phi) is 25.0. The maximum absolute atomic E-state index is 14.6. The van der Waals surface area contributed by atoms with Gasteiger partial charge in [0.2, 0.25) is 0 Å². The van der Waals surface area contributed by atoms with E-state index >= 15 is 0 Å². The minimum absolute atomic E-state index is 0.0496. The van der Waals surface area contributed by atoms with Crippen molar-refractivity contribution in [1.29, 1.82) is 0 Å². The molecule has 2 aliphatic rings. The molecule has 99 heavy (non-hydrogen) atoms. The third-order valence-corrected chi connectivity index (χ3v) is 16.2. The number of terminal acetylenes is 1. The number of allylic oxidation sites excluding steroid dienone is 1. The Morgan fingerprint density at radius 2 is 0.606 bits per heavy atom. The summed E-state index contributed by atoms with van der Waals surface area (Å²) in [5.74, 6) is -4.51. The molecule has 10 rings (SSSR count). The Labute approximate surface area is 571 Å². The van der Waals surface area contributed by atoms with Gasteiger partial charge in [-0.05, 0) is 116 Å². The summed E-state index contributed by atoms with van der Waals surface area (Å²) in [5.41, 5.74) is -0.752. The second kappa shape index (κ2) is 35.1. The summed E-state index contributed by atoms with van der Waals surface area (Å²) in [6, 6.07) is 63.2. The van der Waals surface area contributed by atoms with E-state index in [2.05, 4.69) is 12.5 Å². The van der Waals surface area contributed by atoms with E-state index in [1.807, 2.05) is 0 Å². The summed E-state index contributed by atoms with van der Waals surface area (Å²) in [5, 5.41) is 0. The van der Waals surface area contributed by atoms with Gasteiger partial charge in [0.1, 0.15) is 25.4 Å². The average Bonchev–Trinajstić information content (AvgIpc) is 0.797. The summed E-state index contributed by atoms with van der Waals surface area (Å²) in [4.78, 5) is 115. The molecule has 2 saturated heterocycles. The van der Waals surface area contributed by atoms with Crippen LogP contribution in [0.5, 0.6) is 0 Å². The zero-order chi connectivity index (χ0) is 69.4. The molecule has 506 valence electrons. The van der Waals surface area contributed by atoms with E-state index in [4.69, 9.17) is 63.3 Å². The van der Waals surface area contributed by atoms with Crippen molar-refractivity contribution in [3.8, 4) is 12.3 Å². The number of benzene rings is 8. The zero-order valence-corrected chi connectivity index (χ0v) is 53.6. The molecule has 0 radical (unpaired) electrons. The highest BCUT2D eigenvalue weighted by Gasteiger charge is 2.56. The van der Waals surface area contributed by atoms with Crippen LogP contribution in [0.2, 0.25) is 0 Å². The molecule has 0 bridgehead atoms. The van der Waals surface area contributed by atoms with Gasteiger partial charge in [-0.1, -0.05) is 152 Å². The van der Waals surface area contributed by atoms with Crippen LogP contribution >= 0.6 is 0 Å². The van der Waals surface area contributed by atoms with Crippen molar-refractivity contribution >= 4 is 47.8 Å². The Balaban J connectivity index is 1.06. The van der Waals surface area contributed by atoms with Crippen LogP contribution in [0.1, 0.15) is 109 Å². The Morgan fingerprint density at radius 1 is 0.364 bits per heavy atom. The number of ether oxygens (including phenoxy) is 12. The van der Waals surface area contributed by atoms with Crippen molar-refractivity contribution in [2.75, 3.05) is 26.4 Å². The topological polar surface area (TPSA) is 247 Å². The summed E-state index contributed by atoms with van der Waals surface area (Å²) >= 11 is 0. The Bertz CT molecular complexity index is 3780. The summed E-state index contributed by atoms with van der Waals surface area (Å²) < 4.78 is 77.1. The van der Waals surface area contributed by atoms with Crippen molar-refractivity contribution in [3.63, 3.8) is 0 Å². The molecule has 2 fully saturated rings. The van der Waals surface area contributed by atoms with Gasteiger partial charge in [0.25, 0.3) is 0 Å². The van der Waals surface area contributed by atoms with Crippen molar-refractivity contribution < 1.29 is 95.2 Å². The van der Waals surface area contributed by atoms with Crippen molar-refractivity contribution in [3.05, 3.63) is 300 Å². The molecule has 2 heterocycles. The van der Waals surface area contributed by atoms with Crippen LogP contribution in [0.25, 0.3) is 0 Å². The van der Waals surface area contributed by atoms with Gasteiger partial charge in [-0.3, -0.25) is 0 Å². The predicted octanol–water partition coefficient (Wildman–Crippen LogP) is 11.9. The van der Waals surface area contributed by atoms with E-state index in [0.29, 0.717) is 12.8 Å². The fourth-order valence-corrected chi connectivity index (χ4v) is 11.1. The molecule has 8 aromatic rings. The van der Waals surface area contributed by atoms with Gasteiger partial charge in [0.05, 0.1) is 57.7 Å². The van der Waals surface area contributed by atoms with Gasteiger partial charge in [-0.2, -0.15) is 0 Å².